The van der Waals surface area contributed by atoms with Crippen LogP contribution in [-0.4, -0.2) is 19.0 Å². The maximum absolute atomic E-state index is 11.5. The predicted octanol–water partition coefficient (Wildman–Crippen LogP) is 2.29. The Morgan fingerprint density at radius 2 is 0.552 bits per heavy atom. The van der Waals surface area contributed by atoms with Gasteiger partial charge in [-0.05, 0) is 19.0 Å². The fourth-order valence-electron chi connectivity index (χ4n) is 3.18. The molecule has 0 rings (SSSR count). The van der Waals surface area contributed by atoms with Gasteiger partial charge < -0.3 is 55.5 Å². The molecule has 0 bridgehead atoms. The largest absolute Gasteiger partial charge is 2.00 e. The molecule has 29 heavy (non-hydrogen) atoms. The Labute approximate surface area is 233 Å². The van der Waals surface area contributed by atoms with Crippen molar-refractivity contribution in [3.8, 4) is 0 Å². The quantitative estimate of drug-likeness (QED) is 0.222. The fraction of sp³-hybridized carbons (Fsp3) is 1.00. The Morgan fingerprint density at radius 3 is 0.552 bits per heavy atom. The van der Waals surface area contributed by atoms with Crippen molar-refractivity contribution in [2.45, 2.75) is 102 Å². The van der Waals surface area contributed by atoms with Crippen LogP contribution in [-0.2, 0) is 103 Å². The maximum atomic E-state index is 11.5. The van der Waals surface area contributed by atoms with Crippen LogP contribution in [0.5, 0.6) is 0 Å². The van der Waals surface area contributed by atoms with Gasteiger partial charge in [0.15, 0.2) is 0 Å². The van der Waals surface area contributed by atoms with Gasteiger partial charge >= 0.3 is 58.4 Å². The monoisotopic (exact) mass is 674 g/mol. The van der Waals surface area contributed by atoms with Crippen molar-refractivity contribution >= 4 is 56.0 Å². The second kappa shape index (κ2) is 14.5. The minimum Gasteiger partial charge on any atom is -0.854 e. The Bertz CT molecular complexity index is 503. The molecule has 0 aromatic rings. The topological polar surface area (TPSA) is 92.2 Å². The molecule has 0 aromatic heterocycles. The van der Waals surface area contributed by atoms with Gasteiger partial charge in [-0.25, -0.2) is 20.1 Å². The first-order valence-electron chi connectivity index (χ1n) is 8.28. The molecule has 164 valence electrons. The first kappa shape index (κ1) is 43.1. The van der Waals surface area contributed by atoms with E-state index < -0.39 is 31.5 Å². The molecule has 0 saturated carbocycles. The van der Waals surface area contributed by atoms with Crippen LogP contribution in [0.15, 0.2) is 0 Å². The van der Waals surface area contributed by atoms with Gasteiger partial charge in [0.1, 0.15) is 0 Å². The normalized spacial score (nSPS) is 13.7. The molecule has 0 radical (unpaired) electrons. The standard InChI is InChI=1S/2C8H18O2PS2.3Zn/c2*1-7(2,3)13(8(4,5)6)11(9,10)12;;;/h2*1-6H3;;;/q2*-3;3*+2. The van der Waals surface area contributed by atoms with Gasteiger partial charge in [-0.15, -0.1) is 0 Å². The van der Waals surface area contributed by atoms with Crippen LogP contribution in [0.2, 0.25) is 0 Å². The van der Waals surface area contributed by atoms with Gasteiger partial charge in [0.05, 0.1) is 0 Å². The van der Waals surface area contributed by atoms with Gasteiger partial charge in [0.2, 0.25) is 0 Å². The van der Waals surface area contributed by atoms with Crippen LogP contribution < -0.4 is 19.6 Å². The van der Waals surface area contributed by atoms with Gasteiger partial charge in [-0.2, -0.15) is 0 Å². The summed E-state index contributed by atoms with van der Waals surface area (Å²) in [6.45, 7) is 23.1. The third-order valence-electron chi connectivity index (χ3n) is 2.77. The van der Waals surface area contributed by atoms with Gasteiger partial charge in [-0.1, -0.05) is 83.1 Å². The third kappa shape index (κ3) is 18.0. The predicted molar refractivity (Wildman–Crippen MR) is 122 cm³/mol. The minimum atomic E-state index is -3.66. The van der Waals surface area contributed by atoms with E-state index >= 15 is 0 Å². The number of rotatable bonds is 0. The average Bonchev–Trinajstić information content (AvgIpc) is 1.97. The van der Waals surface area contributed by atoms with E-state index in [0.29, 0.717) is 0 Å². The van der Waals surface area contributed by atoms with E-state index in [1.165, 1.54) is 0 Å². The summed E-state index contributed by atoms with van der Waals surface area (Å²) in [5, 5.41) is 0. The first-order chi connectivity index (χ1) is 10.7. The van der Waals surface area contributed by atoms with Gasteiger partial charge in [0.25, 0.3) is 0 Å². The molecular weight excluding hydrogens is 643 g/mol. The van der Waals surface area contributed by atoms with E-state index in [2.05, 4.69) is 24.5 Å². The van der Waals surface area contributed by atoms with Crippen molar-refractivity contribution in [2.75, 3.05) is 0 Å². The van der Waals surface area contributed by atoms with Crippen LogP contribution in [0.3, 0.4) is 0 Å². The molecule has 0 atom stereocenters. The van der Waals surface area contributed by atoms with E-state index in [-0.39, 0.29) is 77.4 Å². The Hall–Kier alpha value is 3.97. The zero-order valence-corrected chi connectivity index (χ0v) is 34.2. The van der Waals surface area contributed by atoms with Crippen LogP contribution >= 0.6 is 11.4 Å². The van der Waals surface area contributed by atoms with Crippen LogP contribution in [0, 0.1) is 0 Å². The summed E-state index contributed by atoms with van der Waals surface area (Å²) in [5.74, 6) is 0. The number of hydrogen-bond acceptors (Lipinski definition) is 6. The maximum Gasteiger partial charge on any atom is 2.00 e. The molecular formula is C16H36O4P2S4Zn3. The van der Waals surface area contributed by atoms with Crippen LogP contribution in [0.25, 0.3) is 0 Å². The van der Waals surface area contributed by atoms with E-state index in [0.717, 1.165) is 0 Å². The first-order valence-corrected chi connectivity index (χ1v) is 17.2. The molecule has 0 aliphatic carbocycles. The smallest absolute Gasteiger partial charge is 0.854 e. The summed E-state index contributed by atoms with van der Waals surface area (Å²) in [6, 6.07) is 0. The van der Waals surface area contributed by atoms with Crippen molar-refractivity contribution < 1.29 is 78.0 Å². The Balaban J connectivity index is -0.000000120. The van der Waals surface area contributed by atoms with Crippen molar-refractivity contribution in [2.24, 2.45) is 0 Å². The average molecular weight is 679 g/mol. The summed E-state index contributed by atoms with van der Waals surface area (Å²) in [7, 11) is -1.52. The van der Waals surface area contributed by atoms with Crippen molar-refractivity contribution in [3.63, 3.8) is 0 Å². The molecule has 0 heterocycles. The van der Waals surface area contributed by atoms with Gasteiger partial charge in [-0.3, -0.25) is 0 Å². The second-order valence-electron chi connectivity index (χ2n) is 9.91. The summed E-state index contributed by atoms with van der Waals surface area (Å²) in [6.07, 6.45) is 0. The van der Waals surface area contributed by atoms with Crippen LogP contribution in [0.4, 0.5) is 0 Å². The molecule has 4 nitrogen and oxygen atoms in total. The molecule has 0 fully saturated rings. The summed E-state index contributed by atoms with van der Waals surface area (Å²) < 4.78 is -1.07. The molecule has 0 amide bonds. The second-order valence-corrected chi connectivity index (χ2v) is 27.1. The SMILES string of the molecule is CC(C)(C)S(C(C)(C)C)=P([O-])([O-])[S-].CC(C)(C)S(C(C)(C)C)=P([O-])([O-])[S-].[Zn+2].[Zn+2].[Zn+2]. The molecule has 0 spiro atoms. The molecule has 13 heteroatoms. The zero-order chi connectivity index (χ0) is 22.2. The van der Waals surface area contributed by atoms with Crippen molar-refractivity contribution in [3.05, 3.63) is 0 Å². The minimum absolute atomic E-state index is 0. The summed E-state index contributed by atoms with van der Waals surface area (Å²) in [5.41, 5.74) is -7.32. The van der Waals surface area contributed by atoms with Gasteiger partial charge in [0, 0.05) is 0 Å². The Morgan fingerprint density at radius 1 is 0.448 bits per heavy atom. The zero-order valence-electron chi connectivity index (χ0n) is 20.3. The summed E-state index contributed by atoms with van der Waals surface area (Å²) in [4.78, 5) is 45.9. The van der Waals surface area contributed by atoms with Crippen LogP contribution in [0.1, 0.15) is 83.1 Å². The van der Waals surface area contributed by atoms with Crippen molar-refractivity contribution in [1.82, 2.24) is 0 Å². The molecule has 0 unspecified atom stereocenters. The molecule has 0 N–H and O–H groups in total. The van der Waals surface area contributed by atoms with E-state index in [4.69, 9.17) is 0 Å². The third-order valence-corrected chi connectivity index (χ3v) is 20.2. The Kier molecular flexibility index (Phi) is 21.6. The molecule has 0 saturated heterocycles. The number of hydrogen-bond donors (Lipinski definition) is 0. The molecule has 0 aromatic carbocycles. The molecule has 0 aliphatic heterocycles. The summed E-state index contributed by atoms with van der Waals surface area (Å²) >= 11 is 9.23. The van der Waals surface area contributed by atoms with Crippen molar-refractivity contribution in [1.29, 1.82) is 0 Å². The van der Waals surface area contributed by atoms with E-state index in [1.54, 1.807) is 0 Å². The fourth-order valence-corrected chi connectivity index (χ4v) is 25.6. The van der Waals surface area contributed by atoms with E-state index in [9.17, 15) is 19.6 Å². The molecule has 0 aliphatic rings. The van der Waals surface area contributed by atoms with E-state index in [1.807, 2.05) is 83.1 Å².